The average Bonchev–Trinajstić information content (AvgIpc) is 2.00. The fraction of sp³-hybridized carbons (Fsp3) is 0.667. The maximum absolute atomic E-state index is 5.93. The molecular formula is C6H13ClO2Si. The first-order valence-corrected chi connectivity index (χ1v) is 6.12. The third-order valence-corrected chi connectivity index (χ3v) is 4.54. The molecule has 0 rings (SSSR count). The smallest absolute Gasteiger partial charge is 0.386 e. The molecule has 0 atom stereocenters. The lowest BCUT2D eigenvalue weighted by atomic mass is 10.6. The zero-order valence-corrected chi connectivity index (χ0v) is 8.31. The summed E-state index contributed by atoms with van der Waals surface area (Å²) in [6, 6.07) is 0.693. The molecule has 4 heteroatoms. The zero-order chi connectivity index (χ0) is 8.04. The largest absolute Gasteiger partial charge is 0.446 e. The molecule has 60 valence electrons. The van der Waals surface area contributed by atoms with Crippen molar-refractivity contribution in [3.05, 3.63) is 12.2 Å². The van der Waals surface area contributed by atoms with Gasteiger partial charge in [-0.15, -0.1) is 0 Å². The Bertz CT molecular complexity index is 112. The maximum atomic E-state index is 5.93. The highest BCUT2D eigenvalue weighted by Crippen LogP contribution is 2.16. The first kappa shape index (κ1) is 10.2. The van der Waals surface area contributed by atoms with Gasteiger partial charge in [-0.1, -0.05) is 23.2 Å². The molecule has 0 aliphatic carbocycles. The zero-order valence-electron chi connectivity index (χ0n) is 6.56. The van der Waals surface area contributed by atoms with Gasteiger partial charge in [-0.3, -0.25) is 0 Å². The number of hydrogen-bond acceptors (Lipinski definition) is 2. The minimum atomic E-state index is -2.33. The number of rotatable bonds is 4. The summed E-state index contributed by atoms with van der Waals surface area (Å²) in [5.74, 6) is 0. The van der Waals surface area contributed by atoms with E-state index in [1.165, 1.54) is 0 Å². The molecule has 0 amide bonds. The summed E-state index contributed by atoms with van der Waals surface area (Å²) in [4.78, 5) is 0. The SMILES string of the molecule is CC=CC[Si](Cl)(OC)OC. The standard InChI is InChI=1S/C6H13ClO2Si/c1-4-5-6-10(7,8-2)9-3/h4-5H,6H2,1-3H3. The summed E-state index contributed by atoms with van der Waals surface area (Å²) in [6.45, 7) is 1.94. The molecule has 2 nitrogen and oxygen atoms in total. The van der Waals surface area contributed by atoms with Crippen molar-refractivity contribution in [3.8, 4) is 0 Å². The van der Waals surface area contributed by atoms with E-state index in [2.05, 4.69) is 0 Å². The molecule has 0 aromatic heterocycles. The van der Waals surface area contributed by atoms with Crippen LogP contribution in [0.15, 0.2) is 12.2 Å². The molecule has 0 unspecified atom stereocenters. The second-order valence-corrected chi connectivity index (χ2v) is 6.11. The average molecular weight is 181 g/mol. The van der Waals surface area contributed by atoms with E-state index in [0.717, 1.165) is 0 Å². The first-order chi connectivity index (χ1) is 4.68. The molecule has 0 aliphatic heterocycles. The van der Waals surface area contributed by atoms with Gasteiger partial charge in [0, 0.05) is 20.3 Å². The van der Waals surface area contributed by atoms with Crippen molar-refractivity contribution < 1.29 is 8.85 Å². The lowest BCUT2D eigenvalue weighted by Crippen LogP contribution is -2.32. The van der Waals surface area contributed by atoms with Gasteiger partial charge in [0.2, 0.25) is 0 Å². The molecule has 0 spiro atoms. The topological polar surface area (TPSA) is 18.5 Å². The highest BCUT2D eigenvalue weighted by Gasteiger charge is 2.31. The Morgan fingerprint density at radius 2 is 1.90 bits per heavy atom. The minimum Gasteiger partial charge on any atom is -0.386 e. The molecule has 0 fully saturated rings. The number of allylic oxidation sites excluding steroid dienone is 2. The van der Waals surface area contributed by atoms with E-state index in [0.29, 0.717) is 6.04 Å². The maximum Gasteiger partial charge on any atom is 0.446 e. The van der Waals surface area contributed by atoms with Gasteiger partial charge < -0.3 is 8.85 Å². The van der Waals surface area contributed by atoms with Gasteiger partial charge in [-0.2, -0.15) is 0 Å². The fourth-order valence-corrected chi connectivity index (χ4v) is 1.79. The Morgan fingerprint density at radius 3 is 2.20 bits per heavy atom. The monoisotopic (exact) mass is 180 g/mol. The molecule has 0 aromatic carbocycles. The van der Waals surface area contributed by atoms with Crippen LogP contribution in [0.25, 0.3) is 0 Å². The Kier molecular flexibility index (Phi) is 4.98. The van der Waals surface area contributed by atoms with Gasteiger partial charge in [0.25, 0.3) is 0 Å². The van der Waals surface area contributed by atoms with Crippen molar-refractivity contribution in [3.63, 3.8) is 0 Å². The molecule has 0 saturated heterocycles. The van der Waals surface area contributed by atoms with Gasteiger partial charge in [0.05, 0.1) is 0 Å². The minimum absolute atomic E-state index is 0.693. The van der Waals surface area contributed by atoms with Crippen LogP contribution in [0, 0.1) is 0 Å². The summed E-state index contributed by atoms with van der Waals surface area (Å²) < 4.78 is 10.0. The van der Waals surface area contributed by atoms with Crippen LogP contribution in [-0.4, -0.2) is 22.1 Å². The van der Waals surface area contributed by atoms with E-state index < -0.39 is 7.87 Å². The van der Waals surface area contributed by atoms with Crippen molar-refractivity contribution in [2.45, 2.75) is 13.0 Å². The second-order valence-electron chi connectivity index (χ2n) is 1.84. The van der Waals surface area contributed by atoms with Gasteiger partial charge >= 0.3 is 7.87 Å². The van der Waals surface area contributed by atoms with E-state index in [1.807, 2.05) is 19.1 Å². The molecule has 0 heterocycles. The number of halogens is 1. The van der Waals surface area contributed by atoms with E-state index in [4.69, 9.17) is 19.9 Å². The van der Waals surface area contributed by atoms with Crippen LogP contribution in [0.2, 0.25) is 6.04 Å². The van der Waals surface area contributed by atoms with Gasteiger partial charge in [0.15, 0.2) is 0 Å². The molecular weight excluding hydrogens is 168 g/mol. The van der Waals surface area contributed by atoms with E-state index in [-0.39, 0.29) is 0 Å². The normalized spacial score (nSPS) is 12.8. The Balaban J connectivity index is 3.80. The van der Waals surface area contributed by atoms with Crippen LogP contribution in [-0.2, 0) is 8.85 Å². The quantitative estimate of drug-likeness (QED) is 0.375. The van der Waals surface area contributed by atoms with Crippen LogP contribution in [0.5, 0.6) is 0 Å². The summed E-state index contributed by atoms with van der Waals surface area (Å²) in [5, 5.41) is 0. The van der Waals surface area contributed by atoms with Crippen molar-refractivity contribution in [1.82, 2.24) is 0 Å². The van der Waals surface area contributed by atoms with Crippen molar-refractivity contribution in [2.75, 3.05) is 14.2 Å². The van der Waals surface area contributed by atoms with E-state index in [1.54, 1.807) is 14.2 Å². The van der Waals surface area contributed by atoms with Gasteiger partial charge in [-0.25, -0.2) is 0 Å². The van der Waals surface area contributed by atoms with Crippen LogP contribution in [0.3, 0.4) is 0 Å². The van der Waals surface area contributed by atoms with Crippen LogP contribution >= 0.6 is 11.1 Å². The summed E-state index contributed by atoms with van der Waals surface area (Å²) >= 11 is 5.93. The van der Waals surface area contributed by atoms with Gasteiger partial charge in [0.1, 0.15) is 0 Å². The third kappa shape index (κ3) is 3.36. The Morgan fingerprint density at radius 1 is 1.40 bits per heavy atom. The number of hydrogen-bond donors (Lipinski definition) is 0. The highest BCUT2D eigenvalue weighted by atomic mass is 35.6. The van der Waals surface area contributed by atoms with Crippen LogP contribution in [0.1, 0.15) is 6.92 Å². The summed E-state index contributed by atoms with van der Waals surface area (Å²) in [7, 11) is 0.818. The van der Waals surface area contributed by atoms with E-state index in [9.17, 15) is 0 Å². The van der Waals surface area contributed by atoms with Crippen molar-refractivity contribution in [1.29, 1.82) is 0 Å². The molecule has 10 heavy (non-hydrogen) atoms. The van der Waals surface area contributed by atoms with Crippen LogP contribution < -0.4 is 0 Å². The summed E-state index contributed by atoms with van der Waals surface area (Å²) in [6.07, 6.45) is 3.88. The molecule has 0 radical (unpaired) electrons. The van der Waals surface area contributed by atoms with Crippen molar-refractivity contribution >= 4 is 18.9 Å². The molecule has 0 N–H and O–H groups in total. The molecule has 0 saturated carbocycles. The first-order valence-electron chi connectivity index (χ1n) is 3.09. The fourth-order valence-electron chi connectivity index (χ4n) is 0.509. The molecule has 0 bridgehead atoms. The van der Waals surface area contributed by atoms with Crippen molar-refractivity contribution in [2.24, 2.45) is 0 Å². The Hall–Kier alpha value is 0.167. The lowest BCUT2D eigenvalue weighted by Gasteiger charge is -2.16. The molecule has 0 aromatic rings. The predicted octanol–water partition coefficient (Wildman–Crippen LogP) is 2.03. The summed E-state index contributed by atoms with van der Waals surface area (Å²) in [5.41, 5.74) is 0. The third-order valence-electron chi connectivity index (χ3n) is 1.21. The lowest BCUT2D eigenvalue weighted by molar-refractivity contribution is 0.269. The van der Waals surface area contributed by atoms with Gasteiger partial charge in [-0.05, 0) is 6.92 Å². The second kappa shape index (κ2) is 4.90. The Labute approximate surface area is 67.7 Å². The highest BCUT2D eigenvalue weighted by molar-refractivity contribution is 7.13. The molecule has 0 aliphatic rings. The predicted molar refractivity (Wildman–Crippen MR) is 45.2 cm³/mol. The van der Waals surface area contributed by atoms with Crippen LogP contribution in [0.4, 0.5) is 0 Å². The van der Waals surface area contributed by atoms with E-state index >= 15 is 0 Å².